The lowest BCUT2D eigenvalue weighted by Gasteiger charge is -2.32. The van der Waals surface area contributed by atoms with E-state index < -0.39 is 5.60 Å². The molecule has 2 fully saturated rings. The maximum atomic E-state index is 5.71. The van der Waals surface area contributed by atoms with E-state index in [0.29, 0.717) is 30.8 Å². The second-order valence-corrected chi connectivity index (χ2v) is 5.82. The van der Waals surface area contributed by atoms with E-state index in [1.807, 2.05) is 0 Å². The zero-order valence-corrected chi connectivity index (χ0v) is 12.2. The van der Waals surface area contributed by atoms with Gasteiger partial charge in [-0.2, -0.15) is 4.98 Å². The molecule has 1 N–H and O–H groups in total. The van der Waals surface area contributed by atoms with E-state index in [-0.39, 0.29) is 6.04 Å². The molecular formula is C14H23N3O3. The van der Waals surface area contributed by atoms with Gasteiger partial charge in [0.25, 0.3) is 0 Å². The highest BCUT2D eigenvalue weighted by Gasteiger charge is 2.40. The van der Waals surface area contributed by atoms with Crippen molar-refractivity contribution >= 4 is 0 Å². The van der Waals surface area contributed by atoms with Crippen molar-refractivity contribution in [3.8, 4) is 0 Å². The van der Waals surface area contributed by atoms with Crippen LogP contribution in [0, 0.1) is 5.92 Å². The van der Waals surface area contributed by atoms with Crippen molar-refractivity contribution in [2.24, 2.45) is 5.92 Å². The fourth-order valence-corrected chi connectivity index (χ4v) is 3.15. The quantitative estimate of drug-likeness (QED) is 0.911. The number of hydrogen-bond donors (Lipinski definition) is 1. The first-order valence-corrected chi connectivity index (χ1v) is 7.45. The Morgan fingerprint density at radius 2 is 2.15 bits per heavy atom. The maximum absolute atomic E-state index is 5.71. The fourth-order valence-electron chi connectivity index (χ4n) is 3.15. The summed E-state index contributed by atoms with van der Waals surface area (Å²) in [7, 11) is 1.71. The number of rotatable bonds is 3. The summed E-state index contributed by atoms with van der Waals surface area (Å²) in [5.74, 6) is 1.87. The SMILES string of the molecule is COC1(c2noc(C3NCCCC3C)n2)CCOCC1. The van der Waals surface area contributed by atoms with Crippen molar-refractivity contribution in [2.75, 3.05) is 26.9 Å². The second kappa shape index (κ2) is 5.79. The van der Waals surface area contributed by atoms with E-state index in [0.717, 1.165) is 19.4 Å². The molecule has 2 aliphatic rings. The molecular weight excluding hydrogens is 258 g/mol. The maximum Gasteiger partial charge on any atom is 0.244 e. The Balaban J connectivity index is 1.81. The largest absolute Gasteiger partial charge is 0.381 e. The van der Waals surface area contributed by atoms with Gasteiger partial charge < -0.3 is 19.3 Å². The summed E-state index contributed by atoms with van der Waals surface area (Å²) >= 11 is 0. The molecule has 20 heavy (non-hydrogen) atoms. The molecule has 2 atom stereocenters. The number of hydrogen-bond acceptors (Lipinski definition) is 6. The van der Waals surface area contributed by atoms with Crippen LogP contribution >= 0.6 is 0 Å². The van der Waals surface area contributed by atoms with Gasteiger partial charge in [0.1, 0.15) is 5.60 Å². The minimum absolute atomic E-state index is 0.166. The molecule has 2 unspecified atom stereocenters. The fraction of sp³-hybridized carbons (Fsp3) is 0.857. The monoisotopic (exact) mass is 281 g/mol. The third kappa shape index (κ3) is 2.47. The highest BCUT2D eigenvalue weighted by atomic mass is 16.5. The zero-order chi connectivity index (χ0) is 14.0. The van der Waals surface area contributed by atoms with Gasteiger partial charge in [0.15, 0.2) is 0 Å². The van der Waals surface area contributed by atoms with Crippen LogP contribution in [-0.2, 0) is 15.1 Å². The summed E-state index contributed by atoms with van der Waals surface area (Å²) in [4.78, 5) is 4.63. The Bertz CT molecular complexity index is 443. The first kappa shape index (κ1) is 14.0. The van der Waals surface area contributed by atoms with Crippen LogP contribution in [0.2, 0.25) is 0 Å². The molecule has 0 saturated carbocycles. The van der Waals surface area contributed by atoms with Gasteiger partial charge in [-0.05, 0) is 25.3 Å². The van der Waals surface area contributed by atoms with Gasteiger partial charge in [0, 0.05) is 33.2 Å². The number of nitrogens with zero attached hydrogens (tertiary/aromatic N) is 2. The first-order valence-electron chi connectivity index (χ1n) is 7.45. The van der Waals surface area contributed by atoms with Gasteiger partial charge in [-0.25, -0.2) is 0 Å². The Labute approximate surface area is 119 Å². The molecule has 1 aromatic rings. The highest BCUT2D eigenvalue weighted by Crippen LogP contribution is 2.35. The van der Waals surface area contributed by atoms with Crippen molar-refractivity contribution in [3.05, 3.63) is 11.7 Å². The van der Waals surface area contributed by atoms with Crippen LogP contribution in [-0.4, -0.2) is 37.0 Å². The molecule has 0 amide bonds. The molecule has 3 heterocycles. The lowest BCUT2D eigenvalue weighted by Crippen LogP contribution is -2.37. The van der Waals surface area contributed by atoms with E-state index in [4.69, 9.17) is 14.0 Å². The van der Waals surface area contributed by atoms with Crippen LogP contribution in [0.15, 0.2) is 4.52 Å². The first-order chi connectivity index (χ1) is 9.75. The number of piperidine rings is 1. The number of ether oxygens (including phenoxy) is 2. The van der Waals surface area contributed by atoms with Crippen molar-refractivity contribution in [1.29, 1.82) is 0 Å². The highest BCUT2D eigenvalue weighted by molar-refractivity contribution is 5.05. The van der Waals surface area contributed by atoms with Crippen LogP contribution in [0.3, 0.4) is 0 Å². The summed E-state index contributed by atoms with van der Waals surface area (Å²) in [5.41, 5.74) is -0.447. The molecule has 0 spiro atoms. The average Bonchev–Trinajstić information content (AvgIpc) is 2.98. The molecule has 3 rings (SSSR count). The number of nitrogens with one attached hydrogen (secondary N) is 1. The summed E-state index contributed by atoms with van der Waals surface area (Å²) in [6, 6.07) is 0.166. The lowest BCUT2D eigenvalue weighted by molar-refractivity contribution is -0.101. The Morgan fingerprint density at radius 3 is 2.85 bits per heavy atom. The van der Waals surface area contributed by atoms with Gasteiger partial charge in [0.05, 0.1) is 6.04 Å². The second-order valence-electron chi connectivity index (χ2n) is 5.82. The van der Waals surface area contributed by atoms with Gasteiger partial charge in [0.2, 0.25) is 11.7 Å². The Hall–Kier alpha value is -0.980. The molecule has 6 heteroatoms. The molecule has 0 bridgehead atoms. The smallest absolute Gasteiger partial charge is 0.244 e. The molecule has 112 valence electrons. The zero-order valence-electron chi connectivity index (χ0n) is 12.2. The third-order valence-corrected chi connectivity index (χ3v) is 4.58. The Morgan fingerprint density at radius 1 is 1.35 bits per heavy atom. The lowest BCUT2D eigenvalue weighted by atomic mass is 9.92. The van der Waals surface area contributed by atoms with Crippen LogP contribution in [0.5, 0.6) is 0 Å². The summed E-state index contributed by atoms with van der Waals surface area (Å²) in [6.45, 7) is 4.59. The topological polar surface area (TPSA) is 69.4 Å². The Kier molecular flexibility index (Phi) is 4.05. The summed E-state index contributed by atoms with van der Waals surface area (Å²) in [6.07, 6.45) is 3.95. The van der Waals surface area contributed by atoms with E-state index in [1.54, 1.807) is 7.11 Å². The standard InChI is InChI=1S/C14H23N3O3/c1-10-4-3-7-15-11(10)12-16-13(17-20-12)14(18-2)5-8-19-9-6-14/h10-11,15H,3-9H2,1-2H3. The molecule has 0 aromatic carbocycles. The third-order valence-electron chi connectivity index (χ3n) is 4.58. The number of methoxy groups -OCH3 is 1. The normalized spacial score (nSPS) is 30.3. The van der Waals surface area contributed by atoms with Crippen molar-refractivity contribution < 1.29 is 14.0 Å². The number of aromatic nitrogens is 2. The van der Waals surface area contributed by atoms with Crippen LogP contribution in [0.4, 0.5) is 0 Å². The van der Waals surface area contributed by atoms with Crippen LogP contribution < -0.4 is 5.32 Å². The van der Waals surface area contributed by atoms with Gasteiger partial charge in [-0.15, -0.1) is 0 Å². The molecule has 1 aromatic heterocycles. The van der Waals surface area contributed by atoms with Gasteiger partial charge in [-0.3, -0.25) is 0 Å². The minimum Gasteiger partial charge on any atom is -0.381 e. The molecule has 2 saturated heterocycles. The molecule has 6 nitrogen and oxygen atoms in total. The average molecular weight is 281 g/mol. The van der Waals surface area contributed by atoms with Gasteiger partial charge in [-0.1, -0.05) is 12.1 Å². The van der Waals surface area contributed by atoms with Crippen molar-refractivity contribution in [3.63, 3.8) is 0 Å². The van der Waals surface area contributed by atoms with E-state index in [2.05, 4.69) is 22.4 Å². The van der Waals surface area contributed by atoms with E-state index in [1.165, 1.54) is 12.8 Å². The molecule has 0 aliphatic carbocycles. The van der Waals surface area contributed by atoms with Crippen LogP contribution in [0.25, 0.3) is 0 Å². The van der Waals surface area contributed by atoms with E-state index >= 15 is 0 Å². The molecule has 2 aliphatic heterocycles. The van der Waals surface area contributed by atoms with Gasteiger partial charge >= 0.3 is 0 Å². The molecule has 0 radical (unpaired) electrons. The van der Waals surface area contributed by atoms with Crippen molar-refractivity contribution in [2.45, 2.75) is 44.2 Å². The predicted molar refractivity (Wildman–Crippen MR) is 72.2 cm³/mol. The summed E-state index contributed by atoms with van der Waals surface area (Å²) in [5, 5.41) is 7.66. The van der Waals surface area contributed by atoms with E-state index in [9.17, 15) is 0 Å². The summed E-state index contributed by atoms with van der Waals surface area (Å²) < 4.78 is 16.6. The predicted octanol–water partition coefficient (Wildman–Crippen LogP) is 1.78. The minimum atomic E-state index is -0.447. The van der Waals surface area contributed by atoms with Crippen LogP contribution in [0.1, 0.15) is 50.4 Å². The van der Waals surface area contributed by atoms with Crippen molar-refractivity contribution in [1.82, 2.24) is 15.5 Å².